The molecule has 92 valence electrons. The molecule has 0 aliphatic heterocycles. The predicted octanol–water partition coefficient (Wildman–Crippen LogP) is 1.61. The molecule has 0 atom stereocenters. The third kappa shape index (κ3) is 3.60. The average molecular weight is 255 g/mol. The van der Waals surface area contributed by atoms with Crippen molar-refractivity contribution in [2.24, 2.45) is 5.41 Å². The molecule has 0 amide bonds. The maximum Gasteiger partial charge on any atom is 0.101 e. The second-order valence-electron chi connectivity index (χ2n) is 4.28. The topological polar surface area (TPSA) is 76.3 Å². The summed E-state index contributed by atoms with van der Waals surface area (Å²) in [7, 11) is 0. The Kier molecular flexibility index (Phi) is 4.76. The van der Waals surface area contributed by atoms with E-state index >= 15 is 0 Å². The Hall–Kier alpha value is -1.28. The van der Waals surface area contributed by atoms with E-state index in [2.05, 4.69) is 5.32 Å². The Bertz CT molecular complexity index is 425. The summed E-state index contributed by atoms with van der Waals surface area (Å²) in [5.41, 5.74) is 0.454. The third-order valence-electron chi connectivity index (χ3n) is 2.57. The quantitative estimate of drug-likeness (QED) is 0.746. The molecule has 0 fully saturated rings. The SMILES string of the molecule is CC(CO)(CO)CNc1cc(Cl)ccc1C#N. The molecule has 0 bridgehead atoms. The van der Waals surface area contributed by atoms with Gasteiger partial charge in [-0.25, -0.2) is 0 Å². The monoisotopic (exact) mass is 254 g/mol. The first kappa shape index (κ1) is 13.8. The van der Waals surface area contributed by atoms with E-state index in [1.807, 2.05) is 6.07 Å². The van der Waals surface area contributed by atoms with Crippen LogP contribution in [-0.4, -0.2) is 30.0 Å². The molecule has 4 nitrogen and oxygen atoms in total. The molecule has 0 aromatic heterocycles. The van der Waals surface area contributed by atoms with Crippen molar-refractivity contribution in [3.05, 3.63) is 28.8 Å². The Balaban J connectivity index is 2.82. The second kappa shape index (κ2) is 5.87. The van der Waals surface area contributed by atoms with E-state index in [0.717, 1.165) is 0 Å². The predicted molar refractivity (Wildman–Crippen MR) is 66.9 cm³/mol. The number of nitrogens with one attached hydrogen (secondary N) is 1. The van der Waals surface area contributed by atoms with Crippen LogP contribution in [0.4, 0.5) is 5.69 Å². The van der Waals surface area contributed by atoms with Crippen molar-refractivity contribution in [1.82, 2.24) is 0 Å². The normalized spacial score (nSPS) is 11.0. The number of hydrogen-bond donors (Lipinski definition) is 3. The van der Waals surface area contributed by atoms with Gasteiger partial charge in [-0.2, -0.15) is 5.26 Å². The molecule has 0 radical (unpaired) electrons. The smallest absolute Gasteiger partial charge is 0.101 e. The lowest BCUT2D eigenvalue weighted by Gasteiger charge is -2.25. The number of nitrogens with zero attached hydrogens (tertiary/aromatic N) is 1. The van der Waals surface area contributed by atoms with Gasteiger partial charge in [0.15, 0.2) is 0 Å². The number of aliphatic hydroxyl groups is 2. The standard InChI is InChI=1S/C12H15ClN2O2/c1-12(7-16,8-17)6-15-11-4-10(13)3-2-9(11)5-14/h2-4,15-17H,6-8H2,1H3. The van der Waals surface area contributed by atoms with Crippen molar-refractivity contribution in [3.8, 4) is 6.07 Å². The Morgan fingerprint density at radius 1 is 1.41 bits per heavy atom. The maximum atomic E-state index is 9.15. The summed E-state index contributed by atoms with van der Waals surface area (Å²) in [4.78, 5) is 0. The maximum absolute atomic E-state index is 9.15. The Labute approximate surface area is 105 Å². The third-order valence-corrected chi connectivity index (χ3v) is 2.81. The van der Waals surface area contributed by atoms with Crippen molar-refractivity contribution in [1.29, 1.82) is 5.26 Å². The molecule has 0 saturated heterocycles. The van der Waals surface area contributed by atoms with Crippen LogP contribution in [0.2, 0.25) is 5.02 Å². The fourth-order valence-electron chi connectivity index (χ4n) is 1.23. The number of anilines is 1. The minimum Gasteiger partial charge on any atom is -0.396 e. The van der Waals surface area contributed by atoms with E-state index in [0.29, 0.717) is 22.8 Å². The van der Waals surface area contributed by atoms with Crippen LogP contribution in [0, 0.1) is 16.7 Å². The summed E-state index contributed by atoms with van der Waals surface area (Å²) >= 11 is 5.84. The molecule has 17 heavy (non-hydrogen) atoms. The highest BCUT2D eigenvalue weighted by molar-refractivity contribution is 6.30. The lowest BCUT2D eigenvalue weighted by Crippen LogP contribution is -2.34. The second-order valence-corrected chi connectivity index (χ2v) is 4.72. The fourth-order valence-corrected chi connectivity index (χ4v) is 1.40. The van der Waals surface area contributed by atoms with Gasteiger partial charge in [-0.15, -0.1) is 0 Å². The fraction of sp³-hybridized carbons (Fsp3) is 0.417. The minimum absolute atomic E-state index is 0.140. The van der Waals surface area contributed by atoms with E-state index in [1.54, 1.807) is 25.1 Å². The molecule has 0 saturated carbocycles. The lowest BCUT2D eigenvalue weighted by atomic mass is 9.93. The van der Waals surface area contributed by atoms with Gasteiger partial charge in [0, 0.05) is 17.0 Å². The molecular formula is C12H15ClN2O2. The van der Waals surface area contributed by atoms with Crippen LogP contribution in [0.5, 0.6) is 0 Å². The van der Waals surface area contributed by atoms with Gasteiger partial charge in [0.1, 0.15) is 6.07 Å². The first-order chi connectivity index (χ1) is 8.04. The molecule has 1 aromatic carbocycles. The molecular weight excluding hydrogens is 240 g/mol. The van der Waals surface area contributed by atoms with Crippen LogP contribution in [0.3, 0.4) is 0 Å². The summed E-state index contributed by atoms with van der Waals surface area (Å²) in [6.07, 6.45) is 0. The Morgan fingerprint density at radius 3 is 2.59 bits per heavy atom. The summed E-state index contributed by atoms with van der Waals surface area (Å²) in [6, 6.07) is 6.96. The van der Waals surface area contributed by atoms with E-state index in [4.69, 9.17) is 27.1 Å². The molecule has 0 spiro atoms. The number of benzene rings is 1. The molecule has 1 aromatic rings. The largest absolute Gasteiger partial charge is 0.396 e. The number of aliphatic hydroxyl groups excluding tert-OH is 2. The highest BCUT2D eigenvalue weighted by Crippen LogP contribution is 2.22. The van der Waals surface area contributed by atoms with Crippen molar-refractivity contribution in [2.45, 2.75) is 6.92 Å². The van der Waals surface area contributed by atoms with E-state index in [1.165, 1.54) is 0 Å². The number of hydrogen-bond acceptors (Lipinski definition) is 4. The van der Waals surface area contributed by atoms with E-state index in [9.17, 15) is 0 Å². The Morgan fingerprint density at radius 2 is 2.06 bits per heavy atom. The first-order valence-electron chi connectivity index (χ1n) is 5.20. The highest BCUT2D eigenvalue weighted by atomic mass is 35.5. The van der Waals surface area contributed by atoms with Gasteiger partial charge in [0.05, 0.1) is 24.5 Å². The zero-order valence-corrected chi connectivity index (χ0v) is 10.3. The van der Waals surface area contributed by atoms with Gasteiger partial charge in [0.2, 0.25) is 0 Å². The average Bonchev–Trinajstić information content (AvgIpc) is 2.36. The van der Waals surface area contributed by atoms with Crippen LogP contribution in [0.15, 0.2) is 18.2 Å². The number of rotatable bonds is 5. The molecule has 0 aliphatic carbocycles. The molecule has 5 heteroatoms. The summed E-state index contributed by atoms with van der Waals surface area (Å²) in [5.74, 6) is 0. The zero-order valence-electron chi connectivity index (χ0n) is 9.57. The molecule has 0 unspecified atom stereocenters. The van der Waals surface area contributed by atoms with Crippen molar-refractivity contribution in [3.63, 3.8) is 0 Å². The zero-order chi connectivity index (χ0) is 12.9. The van der Waals surface area contributed by atoms with Crippen LogP contribution in [0.25, 0.3) is 0 Å². The highest BCUT2D eigenvalue weighted by Gasteiger charge is 2.22. The van der Waals surface area contributed by atoms with Crippen LogP contribution >= 0.6 is 11.6 Å². The first-order valence-corrected chi connectivity index (χ1v) is 5.58. The van der Waals surface area contributed by atoms with Gasteiger partial charge in [0.25, 0.3) is 0 Å². The van der Waals surface area contributed by atoms with Crippen LogP contribution < -0.4 is 5.32 Å². The molecule has 0 heterocycles. The van der Waals surface area contributed by atoms with Crippen LogP contribution in [-0.2, 0) is 0 Å². The van der Waals surface area contributed by atoms with Gasteiger partial charge < -0.3 is 15.5 Å². The molecule has 3 N–H and O–H groups in total. The van der Waals surface area contributed by atoms with Crippen molar-refractivity contribution < 1.29 is 10.2 Å². The van der Waals surface area contributed by atoms with Gasteiger partial charge >= 0.3 is 0 Å². The van der Waals surface area contributed by atoms with Crippen molar-refractivity contribution in [2.75, 3.05) is 25.1 Å². The lowest BCUT2D eigenvalue weighted by molar-refractivity contribution is 0.0806. The van der Waals surface area contributed by atoms with Gasteiger partial charge in [-0.3, -0.25) is 0 Å². The summed E-state index contributed by atoms with van der Waals surface area (Å²) < 4.78 is 0. The van der Waals surface area contributed by atoms with Crippen LogP contribution in [0.1, 0.15) is 12.5 Å². The van der Waals surface area contributed by atoms with Gasteiger partial charge in [-0.05, 0) is 18.2 Å². The number of nitriles is 1. The van der Waals surface area contributed by atoms with E-state index < -0.39 is 5.41 Å². The summed E-state index contributed by atoms with van der Waals surface area (Å²) in [6.45, 7) is 1.82. The van der Waals surface area contributed by atoms with Gasteiger partial charge in [-0.1, -0.05) is 18.5 Å². The van der Waals surface area contributed by atoms with Crippen molar-refractivity contribution >= 4 is 17.3 Å². The summed E-state index contributed by atoms with van der Waals surface area (Å²) in [5, 5.41) is 30.8. The van der Waals surface area contributed by atoms with E-state index in [-0.39, 0.29) is 13.2 Å². The molecule has 0 aliphatic rings. The molecule has 1 rings (SSSR count). The number of halogens is 1. The minimum atomic E-state index is -0.630.